The van der Waals surface area contributed by atoms with Gasteiger partial charge in [-0.15, -0.1) is 0 Å². The molecule has 0 aromatic carbocycles. The summed E-state index contributed by atoms with van der Waals surface area (Å²) in [5.74, 6) is 0.976. The second kappa shape index (κ2) is 6.76. The molecule has 104 valence electrons. The van der Waals surface area contributed by atoms with Gasteiger partial charge in [-0.25, -0.2) is 0 Å². The van der Waals surface area contributed by atoms with Crippen LogP contribution < -0.4 is 5.32 Å². The first-order chi connectivity index (χ1) is 8.41. The van der Waals surface area contributed by atoms with E-state index >= 15 is 0 Å². The fraction of sp³-hybridized carbons (Fsp3) is 0.857. The van der Waals surface area contributed by atoms with Crippen LogP contribution >= 0.6 is 0 Å². The Morgan fingerprint density at radius 1 is 1.17 bits per heavy atom. The summed E-state index contributed by atoms with van der Waals surface area (Å²) in [6.07, 6.45) is 1.59. The van der Waals surface area contributed by atoms with Crippen molar-refractivity contribution in [3.8, 4) is 0 Å². The molecular formula is C14H26N2O2. The third-order valence-electron chi connectivity index (χ3n) is 3.36. The van der Waals surface area contributed by atoms with E-state index in [9.17, 15) is 9.59 Å². The van der Waals surface area contributed by atoms with Crippen LogP contribution in [0.25, 0.3) is 0 Å². The van der Waals surface area contributed by atoms with Crippen LogP contribution in [0, 0.1) is 17.8 Å². The van der Waals surface area contributed by atoms with Crippen molar-refractivity contribution in [1.29, 1.82) is 0 Å². The predicted octanol–water partition coefficient (Wildman–Crippen LogP) is 1.65. The zero-order valence-corrected chi connectivity index (χ0v) is 12.0. The molecule has 0 aromatic rings. The quantitative estimate of drug-likeness (QED) is 0.829. The summed E-state index contributed by atoms with van der Waals surface area (Å²) in [5, 5.41) is 2.98. The van der Waals surface area contributed by atoms with Gasteiger partial charge in [-0.3, -0.25) is 9.59 Å². The molecule has 0 radical (unpaired) electrons. The van der Waals surface area contributed by atoms with Gasteiger partial charge in [0, 0.05) is 31.5 Å². The summed E-state index contributed by atoms with van der Waals surface area (Å²) >= 11 is 0. The average molecular weight is 254 g/mol. The first kappa shape index (κ1) is 15.0. The number of nitrogens with zero attached hydrogens (tertiary/aromatic N) is 1. The van der Waals surface area contributed by atoms with E-state index in [0.717, 1.165) is 32.5 Å². The van der Waals surface area contributed by atoms with E-state index in [4.69, 9.17) is 0 Å². The Hall–Kier alpha value is -1.06. The third kappa shape index (κ3) is 4.31. The molecule has 0 spiro atoms. The minimum atomic E-state index is 0.0521. The largest absolute Gasteiger partial charge is 0.356 e. The molecule has 18 heavy (non-hydrogen) atoms. The molecule has 1 saturated heterocycles. The van der Waals surface area contributed by atoms with Crippen molar-refractivity contribution in [1.82, 2.24) is 10.2 Å². The van der Waals surface area contributed by atoms with Gasteiger partial charge in [0.1, 0.15) is 0 Å². The van der Waals surface area contributed by atoms with Crippen LogP contribution in [-0.4, -0.2) is 36.3 Å². The molecular weight excluding hydrogens is 228 g/mol. The van der Waals surface area contributed by atoms with Gasteiger partial charge in [-0.05, 0) is 18.8 Å². The highest BCUT2D eigenvalue weighted by atomic mass is 16.2. The Bertz CT molecular complexity index is 292. The lowest BCUT2D eigenvalue weighted by atomic mass is 9.95. The second-order valence-electron chi connectivity index (χ2n) is 5.89. The van der Waals surface area contributed by atoms with E-state index in [0.29, 0.717) is 5.92 Å². The van der Waals surface area contributed by atoms with Crippen molar-refractivity contribution in [3.05, 3.63) is 0 Å². The van der Waals surface area contributed by atoms with E-state index in [-0.39, 0.29) is 23.7 Å². The number of carbonyl (C=O) groups excluding carboxylic acids is 2. The van der Waals surface area contributed by atoms with Crippen LogP contribution in [0.3, 0.4) is 0 Å². The van der Waals surface area contributed by atoms with E-state index in [2.05, 4.69) is 19.2 Å². The van der Waals surface area contributed by atoms with Crippen molar-refractivity contribution >= 4 is 11.8 Å². The van der Waals surface area contributed by atoms with Crippen molar-refractivity contribution < 1.29 is 9.59 Å². The van der Waals surface area contributed by atoms with Crippen molar-refractivity contribution in [2.45, 2.75) is 40.5 Å². The first-order valence-corrected chi connectivity index (χ1v) is 6.98. The lowest BCUT2D eigenvalue weighted by Crippen LogP contribution is -2.44. The van der Waals surface area contributed by atoms with Gasteiger partial charge in [0.25, 0.3) is 0 Å². The van der Waals surface area contributed by atoms with E-state index < -0.39 is 0 Å². The molecule has 4 heteroatoms. The first-order valence-electron chi connectivity index (χ1n) is 6.98. The highest BCUT2D eigenvalue weighted by Gasteiger charge is 2.27. The Labute approximate surface area is 110 Å². The lowest BCUT2D eigenvalue weighted by Gasteiger charge is -2.32. The monoisotopic (exact) mass is 254 g/mol. The summed E-state index contributed by atoms with van der Waals surface area (Å²) in [6, 6.07) is 0. The average Bonchev–Trinajstić information content (AvgIpc) is 2.35. The van der Waals surface area contributed by atoms with Crippen LogP contribution in [0.1, 0.15) is 40.5 Å². The Morgan fingerprint density at radius 3 is 2.17 bits per heavy atom. The summed E-state index contributed by atoms with van der Waals surface area (Å²) in [7, 11) is 0. The maximum absolute atomic E-state index is 11.9. The van der Waals surface area contributed by atoms with Crippen LogP contribution in [0.2, 0.25) is 0 Å². The van der Waals surface area contributed by atoms with Crippen LogP contribution in [-0.2, 0) is 9.59 Å². The zero-order valence-electron chi connectivity index (χ0n) is 12.0. The second-order valence-corrected chi connectivity index (χ2v) is 5.89. The minimum absolute atomic E-state index is 0.0521. The normalized spacial score (nSPS) is 17.3. The number of piperidine rings is 1. The summed E-state index contributed by atoms with van der Waals surface area (Å²) < 4.78 is 0. The van der Waals surface area contributed by atoms with Gasteiger partial charge in [0.2, 0.25) is 11.8 Å². The topological polar surface area (TPSA) is 49.4 Å². The molecule has 4 nitrogen and oxygen atoms in total. The highest BCUT2D eigenvalue weighted by molar-refractivity contribution is 5.80. The molecule has 0 aromatic heterocycles. The molecule has 0 unspecified atom stereocenters. The summed E-state index contributed by atoms with van der Waals surface area (Å²) in [6.45, 7) is 10.2. The molecule has 0 atom stereocenters. The predicted molar refractivity (Wildman–Crippen MR) is 72.0 cm³/mol. The number of hydrogen-bond acceptors (Lipinski definition) is 2. The van der Waals surface area contributed by atoms with Crippen molar-refractivity contribution in [3.63, 3.8) is 0 Å². The SMILES string of the molecule is CC(C)CNC(=O)C1CCN(C(=O)C(C)C)CC1. The zero-order chi connectivity index (χ0) is 13.7. The van der Waals surface area contributed by atoms with Gasteiger partial charge in [0.15, 0.2) is 0 Å². The molecule has 1 aliphatic heterocycles. The van der Waals surface area contributed by atoms with Gasteiger partial charge >= 0.3 is 0 Å². The third-order valence-corrected chi connectivity index (χ3v) is 3.36. The fourth-order valence-corrected chi connectivity index (χ4v) is 2.18. The number of amides is 2. The van der Waals surface area contributed by atoms with Gasteiger partial charge in [-0.2, -0.15) is 0 Å². The summed E-state index contributed by atoms with van der Waals surface area (Å²) in [5.41, 5.74) is 0. The van der Waals surface area contributed by atoms with Crippen LogP contribution in [0.5, 0.6) is 0 Å². The smallest absolute Gasteiger partial charge is 0.225 e. The number of likely N-dealkylation sites (tertiary alicyclic amines) is 1. The molecule has 2 amide bonds. The number of carbonyl (C=O) groups is 2. The number of hydrogen-bond donors (Lipinski definition) is 1. The van der Waals surface area contributed by atoms with Crippen LogP contribution in [0.15, 0.2) is 0 Å². The van der Waals surface area contributed by atoms with Gasteiger partial charge < -0.3 is 10.2 Å². The molecule has 0 saturated carbocycles. The molecule has 1 heterocycles. The minimum Gasteiger partial charge on any atom is -0.356 e. The number of rotatable bonds is 4. The van der Waals surface area contributed by atoms with E-state index in [1.165, 1.54) is 0 Å². The molecule has 0 bridgehead atoms. The molecule has 1 N–H and O–H groups in total. The van der Waals surface area contributed by atoms with Gasteiger partial charge in [-0.1, -0.05) is 27.7 Å². The number of nitrogens with one attached hydrogen (secondary N) is 1. The molecule has 1 fully saturated rings. The van der Waals surface area contributed by atoms with Crippen LogP contribution in [0.4, 0.5) is 0 Å². The molecule has 1 rings (SSSR count). The molecule has 1 aliphatic rings. The van der Waals surface area contributed by atoms with Crippen molar-refractivity contribution in [2.75, 3.05) is 19.6 Å². The fourth-order valence-electron chi connectivity index (χ4n) is 2.18. The van der Waals surface area contributed by atoms with E-state index in [1.807, 2.05) is 18.7 Å². The maximum atomic E-state index is 11.9. The highest BCUT2D eigenvalue weighted by Crippen LogP contribution is 2.19. The Balaban J connectivity index is 2.35. The maximum Gasteiger partial charge on any atom is 0.225 e. The van der Waals surface area contributed by atoms with Gasteiger partial charge in [0.05, 0.1) is 0 Å². The molecule has 0 aliphatic carbocycles. The Kier molecular flexibility index (Phi) is 5.63. The standard InChI is InChI=1S/C14H26N2O2/c1-10(2)9-15-13(17)12-5-7-16(8-6-12)14(18)11(3)4/h10-12H,5-9H2,1-4H3,(H,15,17). The lowest BCUT2D eigenvalue weighted by molar-refractivity contribution is -0.138. The summed E-state index contributed by atoms with van der Waals surface area (Å²) in [4.78, 5) is 25.6. The van der Waals surface area contributed by atoms with E-state index in [1.54, 1.807) is 0 Å². The Morgan fingerprint density at radius 2 is 1.72 bits per heavy atom. The van der Waals surface area contributed by atoms with Crippen molar-refractivity contribution in [2.24, 2.45) is 17.8 Å².